The van der Waals surface area contributed by atoms with Crippen molar-refractivity contribution in [1.29, 1.82) is 0 Å². The van der Waals surface area contributed by atoms with Crippen molar-refractivity contribution in [2.75, 3.05) is 7.11 Å². The van der Waals surface area contributed by atoms with E-state index >= 15 is 0 Å². The van der Waals surface area contributed by atoms with Crippen LogP contribution in [0.2, 0.25) is 0 Å². The SMILES string of the molecule is COc1cc2c(cc1[N+](=O)[O-])CC(=O)CC2. The maximum Gasteiger partial charge on any atom is 0.311 e. The molecule has 0 unspecified atom stereocenters. The number of nitrogens with zero attached hydrogens (tertiary/aromatic N) is 1. The summed E-state index contributed by atoms with van der Waals surface area (Å²) in [6, 6.07) is 3.12. The van der Waals surface area contributed by atoms with Gasteiger partial charge in [-0.25, -0.2) is 0 Å². The van der Waals surface area contributed by atoms with Crippen molar-refractivity contribution in [2.24, 2.45) is 0 Å². The number of carbonyl (C=O) groups excluding carboxylic acids is 1. The van der Waals surface area contributed by atoms with E-state index in [9.17, 15) is 14.9 Å². The molecule has 0 aliphatic heterocycles. The number of rotatable bonds is 2. The van der Waals surface area contributed by atoms with Crippen LogP contribution in [0.4, 0.5) is 5.69 Å². The summed E-state index contributed by atoms with van der Waals surface area (Å²) < 4.78 is 4.97. The summed E-state index contributed by atoms with van der Waals surface area (Å²) in [5.41, 5.74) is 1.65. The fraction of sp³-hybridized carbons (Fsp3) is 0.364. The Labute approximate surface area is 92.2 Å². The van der Waals surface area contributed by atoms with Gasteiger partial charge in [0.2, 0.25) is 0 Å². The van der Waals surface area contributed by atoms with Crippen LogP contribution in [0.5, 0.6) is 5.75 Å². The van der Waals surface area contributed by atoms with Crippen molar-refractivity contribution < 1.29 is 14.5 Å². The number of ether oxygens (including phenoxy) is 1. The van der Waals surface area contributed by atoms with Crippen molar-refractivity contribution in [1.82, 2.24) is 0 Å². The summed E-state index contributed by atoms with van der Waals surface area (Å²) in [7, 11) is 1.41. The Kier molecular flexibility index (Phi) is 2.60. The van der Waals surface area contributed by atoms with Crippen LogP contribution in [-0.4, -0.2) is 17.8 Å². The van der Waals surface area contributed by atoms with E-state index in [0.29, 0.717) is 19.3 Å². The summed E-state index contributed by atoms with van der Waals surface area (Å²) in [5, 5.41) is 10.8. The highest BCUT2D eigenvalue weighted by molar-refractivity contribution is 5.83. The third-order valence-corrected chi connectivity index (χ3v) is 2.76. The minimum Gasteiger partial charge on any atom is -0.490 e. The predicted octanol–water partition coefficient (Wildman–Crippen LogP) is 1.66. The molecule has 1 aromatic carbocycles. The summed E-state index contributed by atoms with van der Waals surface area (Å²) in [6.07, 6.45) is 1.44. The first-order valence-electron chi connectivity index (χ1n) is 4.97. The van der Waals surface area contributed by atoms with Crippen LogP contribution in [0.3, 0.4) is 0 Å². The van der Waals surface area contributed by atoms with Gasteiger partial charge < -0.3 is 4.74 Å². The zero-order valence-electron chi connectivity index (χ0n) is 8.86. The molecule has 84 valence electrons. The lowest BCUT2D eigenvalue weighted by Crippen LogP contribution is -2.13. The van der Waals surface area contributed by atoms with Crippen molar-refractivity contribution in [3.8, 4) is 5.75 Å². The number of Topliss-reactive ketones (excluding diaryl/α,β-unsaturated/α-hetero) is 1. The molecule has 2 rings (SSSR count). The number of methoxy groups -OCH3 is 1. The summed E-state index contributed by atoms with van der Waals surface area (Å²) >= 11 is 0. The van der Waals surface area contributed by atoms with E-state index in [-0.39, 0.29) is 17.2 Å². The van der Waals surface area contributed by atoms with Crippen LogP contribution < -0.4 is 4.74 Å². The Morgan fingerprint density at radius 2 is 2.06 bits per heavy atom. The van der Waals surface area contributed by atoms with Crippen LogP contribution in [-0.2, 0) is 17.6 Å². The minimum absolute atomic E-state index is 0.0732. The van der Waals surface area contributed by atoms with E-state index in [4.69, 9.17) is 4.74 Å². The van der Waals surface area contributed by atoms with Gasteiger partial charge in [0, 0.05) is 18.9 Å². The summed E-state index contributed by atoms with van der Waals surface area (Å²) in [5.74, 6) is 0.394. The second-order valence-corrected chi connectivity index (χ2v) is 3.77. The molecule has 1 aromatic rings. The second kappa shape index (κ2) is 3.92. The molecule has 0 saturated carbocycles. The number of nitro groups is 1. The smallest absolute Gasteiger partial charge is 0.311 e. The van der Waals surface area contributed by atoms with E-state index in [0.717, 1.165) is 11.1 Å². The van der Waals surface area contributed by atoms with Crippen molar-refractivity contribution in [2.45, 2.75) is 19.3 Å². The van der Waals surface area contributed by atoms with Gasteiger partial charge in [-0.05, 0) is 23.6 Å². The number of ketones is 1. The first kappa shape index (κ1) is 10.6. The Morgan fingerprint density at radius 3 is 2.69 bits per heavy atom. The average Bonchev–Trinajstić information content (AvgIpc) is 2.27. The minimum atomic E-state index is -0.488. The fourth-order valence-electron chi connectivity index (χ4n) is 1.93. The van der Waals surface area contributed by atoms with Crippen LogP contribution >= 0.6 is 0 Å². The topological polar surface area (TPSA) is 69.4 Å². The van der Waals surface area contributed by atoms with Crippen molar-refractivity contribution in [3.05, 3.63) is 33.4 Å². The Balaban J connectivity index is 2.52. The fourth-order valence-corrected chi connectivity index (χ4v) is 1.93. The van der Waals surface area contributed by atoms with Crippen LogP contribution in [0.1, 0.15) is 17.5 Å². The zero-order chi connectivity index (χ0) is 11.7. The third kappa shape index (κ3) is 1.76. The Morgan fingerprint density at radius 1 is 1.31 bits per heavy atom. The monoisotopic (exact) mass is 221 g/mol. The first-order chi connectivity index (χ1) is 7.61. The maximum atomic E-state index is 11.3. The lowest BCUT2D eigenvalue weighted by Gasteiger charge is -2.15. The molecular weight excluding hydrogens is 210 g/mol. The van der Waals surface area contributed by atoms with Gasteiger partial charge in [0.25, 0.3) is 0 Å². The number of fused-ring (bicyclic) bond motifs is 1. The first-order valence-corrected chi connectivity index (χ1v) is 4.97. The van der Waals surface area contributed by atoms with Gasteiger partial charge in [-0.2, -0.15) is 0 Å². The van der Waals surface area contributed by atoms with Crippen molar-refractivity contribution in [3.63, 3.8) is 0 Å². The lowest BCUT2D eigenvalue weighted by atomic mass is 9.90. The van der Waals surface area contributed by atoms with Crippen LogP contribution in [0, 0.1) is 10.1 Å². The molecule has 0 N–H and O–H groups in total. The lowest BCUT2D eigenvalue weighted by molar-refractivity contribution is -0.385. The molecule has 0 spiro atoms. The Bertz CT molecular complexity index is 467. The average molecular weight is 221 g/mol. The second-order valence-electron chi connectivity index (χ2n) is 3.77. The molecule has 0 fully saturated rings. The van der Waals surface area contributed by atoms with Gasteiger partial charge in [0.15, 0.2) is 5.75 Å². The van der Waals surface area contributed by atoms with E-state index in [1.807, 2.05) is 0 Å². The highest BCUT2D eigenvalue weighted by atomic mass is 16.6. The van der Waals surface area contributed by atoms with Crippen LogP contribution in [0.25, 0.3) is 0 Å². The number of hydrogen-bond acceptors (Lipinski definition) is 4. The highest BCUT2D eigenvalue weighted by Gasteiger charge is 2.23. The normalized spacial score (nSPS) is 14.4. The van der Waals surface area contributed by atoms with Gasteiger partial charge >= 0.3 is 5.69 Å². The Hall–Kier alpha value is -1.91. The van der Waals surface area contributed by atoms with E-state index in [2.05, 4.69) is 0 Å². The molecule has 0 atom stereocenters. The largest absolute Gasteiger partial charge is 0.490 e. The molecule has 16 heavy (non-hydrogen) atoms. The molecule has 1 aliphatic carbocycles. The standard InChI is InChI=1S/C11H11NO4/c1-16-11-6-7-2-3-9(13)4-8(7)5-10(11)12(14)15/h5-6H,2-4H2,1H3. The molecule has 5 heteroatoms. The van der Waals surface area contributed by atoms with Gasteiger partial charge in [-0.15, -0.1) is 0 Å². The van der Waals surface area contributed by atoms with E-state index in [1.165, 1.54) is 13.2 Å². The highest BCUT2D eigenvalue weighted by Crippen LogP contribution is 2.33. The zero-order valence-corrected chi connectivity index (χ0v) is 8.86. The maximum absolute atomic E-state index is 11.3. The molecule has 0 heterocycles. The molecule has 0 bridgehead atoms. The number of benzene rings is 1. The number of aryl methyl sites for hydroxylation is 1. The number of nitro benzene ring substituents is 1. The van der Waals surface area contributed by atoms with E-state index < -0.39 is 4.92 Å². The van der Waals surface area contributed by atoms with E-state index in [1.54, 1.807) is 6.07 Å². The summed E-state index contributed by atoms with van der Waals surface area (Å²) in [6.45, 7) is 0. The van der Waals surface area contributed by atoms with Gasteiger partial charge in [0.1, 0.15) is 5.78 Å². The molecule has 0 aromatic heterocycles. The van der Waals surface area contributed by atoms with Gasteiger partial charge in [-0.1, -0.05) is 0 Å². The molecule has 0 amide bonds. The predicted molar refractivity (Wildman–Crippen MR) is 56.7 cm³/mol. The third-order valence-electron chi connectivity index (χ3n) is 2.76. The van der Waals surface area contributed by atoms with Crippen molar-refractivity contribution >= 4 is 11.5 Å². The van der Waals surface area contributed by atoms with Gasteiger partial charge in [0.05, 0.1) is 12.0 Å². The number of hydrogen-bond donors (Lipinski definition) is 0. The molecule has 1 aliphatic rings. The van der Waals surface area contributed by atoms with Crippen LogP contribution in [0.15, 0.2) is 12.1 Å². The number of carbonyl (C=O) groups is 1. The molecule has 5 nitrogen and oxygen atoms in total. The molecular formula is C11H11NO4. The molecule has 0 saturated heterocycles. The summed E-state index contributed by atoms with van der Waals surface area (Å²) in [4.78, 5) is 21.6. The molecule has 0 radical (unpaired) electrons. The quantitative estimate of drug-likeness (QED) is 0.562. The van der Waals surface area contributed by atoms with Gasteiger partial charge in [-0.3, -0.25) is 14.9 Å².